The number of rotatable bonds is 4. The SMILES string of the molecule is CC(=O)O[C@H]1O[C@@H](OC(C)=O)[C@@H]2CC[C@](O)(C3(C)C=CCC(C)(C)C3)C[C@H]12.CC1(C)CC=CC(C)([C@@]2(O)CC[C@H]3C(=O)OC[C@H]3C2)C1. The summed E-state index contributed by atoms with van der Waals surface area (Å²) >= 11 is 0. The molecule has 2 aliphatic heterocycles. The largest absolute Gasteiger partial charge is 0.465 e. The molecule has 6 rings (SSSR count). The molecule has 9 nitrogen and oxygen atoms in total. The van der Waals surface area contributed by atoms with Crippen LogP contribution in [0.2, 0.25) is 0 Å². The van der Waals surface area contributed by atoms with E-state index in [-0.39, 0.29) is 51.3 Å². The number of ether oxygens (including phenoxy) is 4. The molecular formula is C38H58O9. The highest BCUT2D eigenvalue weighted by atomic mass is 16.8. The van der Waals surface area contributed by atoms with Crippen molar-refractivity contribution >= 4 is 17.9 Å². The van der Waals surface area contributed by atoms with Gasteiger partial charge in [-0.05, 0) is 75.0 Å². The van der Waals surface area contributed by atoms with E-state index in [1.165, 1.54) is 13.8 Å². The lowest BCUT2D eigenvalue weighted by molar-refractivity contribution is -0.215. The second kappa shape index (κ2) is 12.6. The van der Waals surface area contributed by atoms with Crippen LogP contribution in [0, 0.1) is 45.3 Å². The molecule has 264 valence electrons. The van der Waals surface area contributed by atoms with Gasteiger partial charge in [0.25, 0.3) is 0 Å². The molecule has 0 amide bonds. The molecule has 9 heteroatoms. The van der Waals surface area contributed by atoms with Crippen LogP contribution in [0.1, 0.15) is 120 Å². The van der Waals surface area contributed by atoms with Crippen molar-refractivity contribution < 1.29 is 43.5 Å². The van der Waals surface area contributed by atoms with Gasteiger partial charge < -0.3 is 29.2 Å². The lowest BCUT2D eigenvalue weighted by Gasteiger charge is -2.53. The standard InChI is InChI=1S/C21H32O6.C17H26O3/c1-13(22)25-17-15-7-10-21(24,11-16(15)18(27-17)26-14(2)23)20(5)9-6-8-19(3,4)12-20;1-15(2)6-4-7-16(3,11-15)17(19)8-5-13-12(9-17)10-20-14(13)18/h6,9,15-18,24H,7-8,10-12H2,1-5H3;4,7,12-13,19H,5-6,8-11H2,1-3H3/t15-,16+,17-,18+,20?,21-;12-,13-,16?,17-/m11/s1. The summed E-state index contributed by atoms with van der Waals surface area (Å²) in [5.41, 5.74) is -1.81. The summed E-state index contributed by atoms with van der Waals surface area (Å²) in [6.45, 7) is 16.5. The number of carbonyl (C=O) groups excluding carboxylic acids is 3. The summed E-state index contributed by atoms with van der Waals surface area (Å²) in [5, 5.41) is 23.0. The summed E-state index contributed by atoms with van der Waals surface area (Å²) in [6.07, 6.45) is 15.1. The highest BCUT2D eigenvalue weighted by Gasteiger charge is 2.59. The maximum absolute atomic E-state index is 11.7. The highest BCUT2D eigenvalue weighted by molar-refractivity contribution is 5.75. The van der Waals surface area contributed by atoms with Crippen molar-refractivity contribution in [1.29, 1.82) is 0 Å². The third-order valence-corrected chi connectivity index (χ3v) is 12.5. The molecule has 0 bridgehead atoms. The van der Waals surface area contributed by atoms with E-state index in [2.05, 4.69) is 65.8 Å². The number of hydrogen-bond donors (Lipinski definition) is 2. The summed E-state index contributed by atoms with van der Waals surface area (Å²) in [4.78, 5) is 34.6. The molecule has 4 aliphatic carbocycles. The number of esters is 3. The highest BCUT2D eigenvalue weighted by Crippen LogP contribution is 2.58. The number of carbonyl (C=O) groups is 3. The minimum Gasteiger partial charge on any atom is -0.465 e. The number of fused-ring (bicyclic) bond motifs is 2. The third kappa shape index (κ3) is 7.23. The Morgan fingerprint density at radius 1 is 0.766 bits per heavy atom. The van der Waals surface area contributed by atoms with E-state index in [0.29, 0.717) is 38.7 Å². The number of allylic oxidation sites excluding steroid dienone is 2. The summed E-state index contributed by atoms with van der Waals surface area (Å²) < 4.78 is 21.6. The molecule has 10 atom stereocenters. The van der Waals surface area contributed by atoms with Crippen LogP contribution in [0.3, 0.4) is 0 Å². The van der Waals surface area contributed by atoms with Crippen molar-refractivity contribution in [2.45, 2.75) is 143 Å². The predicted octanol–water partition coefficient (Wildman–Crippen LogP) is 6.40. The Morgan fingerprint density at radius 2 is 1.26 bits per heavy atom. The molecule has 2 N–H and O–H groups in total. The van der Waals surface area contributed by atoms with Gasteiger partial charge in [0.05, 0.1) is 23.7 Å². The Morgan fingerprint density at radius 3 is 1.77 bits per heavy atom. The van der Waals surface area contributed by atoms with Crippen LogP contribution in [0.4, 0.5) is 0 Å². The van der Waals surface area contributed by atoms with Crippen molar-refractivity contribution in [1.82, 2.24) is 0 Å². The van der Waals surface area contributed by atoms with Crippen LogP contribution in [0.25, 0.3) is 0 Å². The second-order valence-electron chi connectivity index (χ2n) is 17.7. The van der Waals surface area contributed by atoms with Crippen molar-refractivity contribution in [3.63, 3.8) is 0 Å². The molecule has 4 fully saturated rings. The van der Waals surface area contributed by atoms with Crippen molar-refractivity contribution in [3.8, 4) is 0 Å². The van der Waals surface area contributed by atoms with Crippen LogP contribution in [0.5, 0.6) is 0 Å². The lowest BCUT2D eigenvalue weighted by atomic mass is 9.55. The van der Waals surface area contributed by atoms with Crippen molar-refractivity contribution in [3.05, 3.63) is 24.3 Å². The molecule has 2 heterocycles. The van der Waals surface area contributed by atoms with Crippen LogP contribution in [0.15, 0.2) is 24.3 Å². The van der Waals surface area contributed by atoms with E-state index in [1.54, 1.807) is 0 Å². The molecule has 2 saturated carbocycles. The Bertz CT molecular complexity index is 1290. The Balaban J connectivity index is 0.000000193. The second-order valence-corrected chi connectivity index (χ2v) is 17.7. The van der Waals surface area contributed by atoms with E-state index in [4.69, 9.17) is 18.9 Å². The number of cyclic esters (lactones) is 1. The molecule has 0 spiro atoms. The van der Waals surface area contributed by atoms with Gasteiger partial charge in [-0.25, -0.2) is 0 Å². The number of aliphatic hydroxyl groups is 2. The third-order valence-electron chi connectivity index (χ3n) is 12.5. The van der Waals surface area contributed by atoms with Crippen LogP contribution >= 0.6 is 0 Å². The predicted molar refractivity (Wildman–Crippen MR) is 175 cm³/mol. The molecule has 2 unspecified atom stereocenters. The van der Waals surface area contributed by atoms with Gasteiger partial charge in [0, 0.05) is 42.4 Å². The van der Waals surface area contributed by atoms with Crippen molar-refractivity contribution in [2.75, 3.05) is 6.61 Å². The maximum atomic E-state index is 11.7. The first-order valence-electron chi connectivity index (χ1n) is 17.7. The quantitative estimate of drug-likeness (QED) is 0.200. The molecule has 0 aromatic heterocycles. The van der Waals surface area contributed by atoms with E-state index in [1.807, 2.05) is 0 Å². The van der Waals surface area contributed by atoms with Gasteiger partial charge in [0.2, 0.25) is 12.6 Å². The normalized spacial score (nSPS) is 44.7. The maximum Gasteiger partial charge on any atom is 0.309 e. The molecule has 47 heavy (non-hydrogen) atoms. The van der Waals surface area contributed by atoms with Crippen LogP contribution < -0.4 is 0 Å². The molecular weight excluding hydrogens is 600 g/mol. The zero-order chi connectivity index (χ0) is 34.6. The fourth-order valence-corrected chi connectivity index (χ4v) is 10.1. The van der Waals surface area contributed by atoms with Gasteiger partial charge in [0.1, 0.15) is 0 Å². The smallest absolute Gasteiger partial charge is 0.309 e. The van der Waals surface area contributed by atoms with Gasteiger partial charge >= 0.3 is 17.9 Å². The molecule has 0 aromatic carbocycles. The molecule has 6 aliphatic rings. The van der Waals surface area contributed by atoms with Gasteiger partial charge in [0.15, 0.2) is 0 Å². The van der Waals surface area contributed by atoms with Crippen LogP contribution in [-0.2, 0) is 33.3 Å². The first kappa shape index (κ1) is 36.1. The number of hydrogen-bond acceptors (Lipinski definition) is 9. The fraction of sp³-hybridized carbons (Fsp3) is 0.816. The monoisotopic (exact) mass is 658 g/mol. The Hall–Kier alpha value is -2.23. The average molecular weight is 659 g/mol. The van der Waals surface area contributed by atoms with Gasteiger partial charge in [-0.3, -0.25) is 14.4 Å². The van der Waals surface area contributed by atoms with Gasteiger partial charge in [-0.2, -0.15) is 0 Å². The lowest BCUT2D eigenvalue weighted by Crippen LogP contribution is -2.54. The zero-order valence-corrected chi connectivity index (χ0v) is 29.8. The summed E-state index contributed by atoms with van der Waals surface area (Å²) in [7, 11) is 0. The van der Waals surface area contributed by atoms with Crippen molar-refractivity contribution in [2.24, 2.45) is 45.3 Å². The molecule has 0 aromatic rings. The minimum absolute atomic E-state index is 0.0273. The van der Waals surface area contributed by atoms with E-state index >= 15 is 0 Å². The first-order valence-corrected chi connectivity index (χ1v) is 17.7. The zero-order valence-electron chi connectivity index (χ0n) is 29.8. The Labute approximate surface area is 280 Å². The first-order chi connectivity index (χ1) is 21.7. The van der Waals surface area contributed by atoms with Gasteiger partial charge in [-0.1, -0.05) is 65.8 Å². The summed E-state index contributed by atoms with van der Waals surface area (Å²) in [5.74, 6) is -0.971. The van der Waals surface area contributed by atoms with E-state index < -0.39 is 35.7 Å². The molecule has 2 saturated heterocycles. The minimum atomic E-state index is -0.921. The summed E-state index contributed by atoms with van der Waals surface area (Å²) in [6, 6.07) is 0. The topological polar surface area (TPSA) is 129 Å². The Kier molecular flexibility index (Phi) is 9.65. The van der Waals surface area contributed by atoms with E-state index in [0.717, 1.165) is 32.1 Å². The molecule has 0 radical (unpaired) electrons. The fourth-order valence-electron chi connectivity index (χ4n) is 10.1. The average Bonchev–Trinajstić information content (AvgIpc) is 3.45. The van der Waals surface area contributed by atoms with E-state index in [9.17, 15) is 24.6 Å². The van der Waals surface area contributed by atoms with Crippen LogP contribution in [-0.4, -0.2) is 58.5 Å². The van der Waals surface area contributed by atoms with Gasteiger partial charge in [-0.15, -0.1) is 0 Å².